The van der Waals surface area contributed by atoms with Crippen molar-refractivity contribution in [1.82, 2.24) is 19.3 Å². The number of carbonyl (C=O) groups excluding carboxylic acids is 1. The summed E-state index contributed by atoms with van der Waals surface area (Å²) < 4.78 is 16.3. The largest absolute Gasteiger partial charge is 0.492 e. The van der Waals surface area contributed by atoms with Crippen LogP contribution in [0, 0.1) is 17.2 Å². The molecule has 1 unspecified atom stereocenters. The van der Waals surface area contributed by atoms with Crippen LogP contribution in [0.1, 0.15) is 50.6 Å². The van der Waals surface area contributed by atoms with E-state index in [9.17, 15) is 5.26 Å². The average molecular weight is 513 g/mol. The SMILES string of the molecule is CC(Oc1ccc(-c2c(C#N)c3ccc(OCCn4cncn4)cc3n2C2CCC2)cc1)C1CC1.NC=O. The normalized spacial score (nSPS) is 15.6. The summed E-state index contributed by atoms with van der Waals surface area (Å²) in [7, 11) is 0. The highest BCUT2D eigenvalue weighted by Crippen LogP contribution is 2.43. The first kappa shape index (κ1) is 25.3. The van der Waals surface area contributed by atoms with E-state index < -0.39 is 0 Å². The van der Waals surface area contributed by atoms with Gasteiger partial charge in [0.2, 0.25) is 6.41 Å². The van der Waals surface area contributed by atoms with Gasteiger partial charge in [0.1, 0.15) is 36.8 Å². The molecule has 0 aliphatic heterocycles. The van der Waals surface area contributed by atoms with E-state index >= 15 is 0 Å². The fraction of sp³-hybridized carbons (Fsp3) is 0.379. The minimum absolute atomic E-state index is 0.250. The number of primary amides is 1. The van der Waals surface area contributed by atoms with E-state index in [1.54, 1.807) is 11.0 Å². The zero-order valence-corrected chi connectivity index (χ0v) is 21.5. The van der Waals surface area contributed by atoms with Crippen LogP contribution in [0.5, 0.6) is 11.5 Å². The molecule has 1 amide bonds. The Labute approximate surface area is 221 Å². The molecule has 0 saturated heterocycles. The van der Waals surface area contributed by atoms with E-state index in [0.717, 1.165) is 52.1 Å². The Balaban J connectivity index is 0.000000937. The van der Waals surface area contributed by atoms with E-state index in [-0.39, 0.29) is 12.5 Å². The maximum atomic E-state index is 10.2. The molecule has 2 aliphatic rings. The van der Waals surface area contributed by atoms with E-state index in [2.05, 4.69) is 51.6 Å². The Kier molecular flexibility index (Phi) is 7.59. The molecule has 2 fully saturated rings. The first-order valence-corrected chi connectivity index (χ1v) is 13.1. The van der Waals surface area contributed by atoms with Crippen LogP contribution in [0.4, 0.5) is 0 Å². The zero-order valence-electron chi connectivity index (χ0n) is 21.5. The summed E-state index contributed by atoms with van der Waals surface area (Å²) in [6, 6.07) is 17.2. The van der Waals surface area contributed by atoms with Gasteiger partial charge in [0.25, 0.3) is 0 Å². The van der Waals surface area contributed by atoms with Crippen LogP contribution in [0.3, 0.4) is 0 Å². The van der Waals surface area contributed by atoms with Crippen molar-refractivity contribution in [3.63, 3.8) is 0 Å². The molecule has 9 nitrogen and oxygen atoms in total. The summed E-state index contributed by atoms with van der Waals surface area (Å²) in [6.45, 7) is 3.28. The van der Waals surface area contributed by atoms with Gasteiger partial charge in [-0.25, -0.2) is 9.67 Å². The Bertz CT molecular complexity index is 1410. The minimum atomic E-state index is 0.250. The third kappa shape index (κ3) is 5.35. The molecule has 2 saturated carbocycles. The van der Waals surface area contributed by atoms with Gasteiger partial charge in [-0.05, 0) is 86.9 Å². The molecule has 4 aromatic rings. The molecular weight excluding hydrogens is 480 g/mol. The smallest absolute Gasteiger partial charge is 0.204 e. The van der Waals surface area contributed by atoms with Crippen LogP contribution >= 0.6 is 0 Å². The molecule has 0 radical (unpaired) electrons. The van der Waals surface area contributed by atoms with Gasteiger partial charge in [0.15, 0.2) is 0 Å². The molecule has 9 heteroatoms. The molecule has 196 valence electrons. The summed E-state index contributed by atoms with van der Waals surface area (Å²) in [5.41, 5.74) is 7.99. The lowest BCUT2D eigenvalue weighted by atomic mass is 9.92. The number of ether oxygens (including phenoxy) is 2. The second-order valence-electron chi connectivity index (χ2n) is 9.80. The van der Waals surface area contributed by atoms with Crippen LogP contribution in [0.15, 0.2) is 55.1 Å². The van der Waals surface area contributed by atoms with Gasteiger partial charge < -0.3 is 19.8 Å². The summed E-state index contributed by atoms with van der Waals surface area (Å²) in [6.07, 6.45) is 9.69. The fourth-order valence-electron chi connectivity index (χ4n) is 4.97. The lowest BCUT2D eigenvalue weighted by Crippen LogP contribution is -2.18. The van der Waals surface area contributed by atoms with Gasteiger partial charge >= 0.3 is 0 Å². The first-order chi connectivity index (χ1) is 18.6. The summed E-state index contributed by atoms with van der Waals surface area (Å²) in [5.74, 6) is 2.37. The highest BCUT2D eigenvalue weighted by atomic mass is 16.5. The Hall–Kier alpha value is -4.32. The molecule has 2 aliphatic carbocycles. The molecule has 2 heterocycles. The molecule has 1 atom stereocenters. The standard InChI is InChI=1S/C28H29N5O2.CH3NO/c1-19(20-5-6-20)35-23-9-7-21(8-10-23)28-26(16-29)25-12-11-24(34-14-13-32-18-30-17-31-32)15-27(25)33(28)22-3-2-4-22;2-1-3/h7-12,15,17-20,22H,2-6,13-14H2,1H3;1H,(H2,2,3). The predicted molar refractivity (Wildman–Crippen MR) is 144 cm³/mol. The lowest BCUT2D eigenvalue weighted by molar-refractivity contribution is -0.106. The van der Waals surface area contributed by atoms with Crippen molar-refractivity contribution >= 4 is 17.3 Å². The summed E-state index contributed by atoms with van der Waals surface area (Å²) in [5, 5.41) is 15.3. The molecule has 2 aromatic heterocycles. The van der Waals surface area contributed by atoms with E-state index in [4.69, 9.17) is 14.3 Å². The highest BCUT2D eigenvalue weighted by Gasteiger charge is 2.30. The average Bonchev–Trinajstić information content (AvgIpc) is 3.54. The van der Waals surface area contributed by atoms with Gasteiger partial charge in [0, 0.05) is 17.5 Å². The third-order valence-electron chi connectivity index (χ3n) is 7.32. The number of amides is 1. The maximum absolute atomic E-state index is 10.2. The number of aromatic nitrogens is 4. The zero-order chi connectivity index (χ0) is 26.5. The number of nitrogens with two attached hydrogens (primary N) is 1. The molecule has 2 aromatic carbocycles. The number of hydrogen-bond donors (Lipinski definition) is 1. The summed E-state index contributed by atoms with van der Waals surface area (Å²) in [4.78, 5) is 12.6. The lowest BCUT2D eigenvalue weighted by Gasteiger charge is -2.30. The number of nitrogens with zero attached hydrogens (tertiary/aromatic N) is 5. The van der Waals surface area contributed by atoms with Crippen LogP contribution < -0.4 is 15.2 Å². The topological polar surface area (TPSA) is 121 Å². The van der Waals surface area contributed by atoms with Crippen LogP contribution in [-0.2, 0) is 11.3 Å². The van der Waals surface area contributed by atoms with E-state index in [1.165, 1.54) is 25.6 Å². The number of carbonyl (C=O) groups is 1. The number of rotatable bonds is 9. The maximum Gasteiger partial charge on any atom is 0.204 e. The van der Waals surface area contributed by atoms with E-state index in [1.807, 2.05) is 24.3 Å². The Morgan fingerprint density at radius 3 is 2.50 bits per heavy atom. The quantitative estimate of drug-likeness (QED) is 0.320. The number of hydrogen-bond acceptors (Lipinski definition) is 6. The monoisotopic (exact) mass is 512 g/mol. The number of benzene rings is 2. The van der Waals surface area contributed by atoms with Crippen molar-refractivity contribution in [2.45, 2.75) is 57.7 Å². The highest BCUT2D eigenvalue weighted by molar-refractivity contribution is 5.95. The van der Waals surface area contributed by atoms with Crippen molar-refractivity contribution in [3.8, 4) is 28.8 Å². The molecule has 0 spiro atoms. The van der Waals surface area contributed by atoms with Crippen LogP contribution in [-0.4, -0.2) is 38.5 Å². The second kappa shape index (κ2) is 11.4. The van der Waals surface area contributed by atoms with Crippen molar-refractivity contribution in [2.75, 3.05) is 6.61 Å². The van der Waals surface area contributed by atoms with Crippen molar-refractivity contribution < 1.29 is 14.3 Å². The van der Waals surface area contributed by atoms with Gasteiger partial charge in [-0.2, -0.15) is 10.4 Å². The van der Waals surface area contributed by atoms with Gasteiger partial charge in [0.05, 0.1) is 29.4 Å². The van der Waals surface area contributed by atoms with Gasteiger partial charge in [-0.15, -0.1) is 0 Å². The Morgan fingerprint density at radius 2 is 1.89 bits per heavy atom. The van der Waals surface area contributed by atoms with Gasteiger partial charge in [-0.1, -0.05) is 0 Å². The van der Waals surface area contributed by atoms with Gasteiger partial charge in [-0.3, -0.25) is 4.79 Å². The molecular formula is C29H32N6O3. The molecule has 38 heavy (non-hydrogen) atoms. The van der Waals surface area contributed by atoms with Crippen LogP contribution in [0.2, 0.25) is 0 Å². The molecule has 0 bridgehead atoms. The predicted octanol–water partition coefficient (Wildman–Crippen LogP) is 4.85. The molecule has 6 rings (SSSR count). The van der Waals surface area contributed by atoms with Crippen molar-refractivity contribution in [3.05, 3.63) is 60.7 Å². The Morgan fingerprint density at radius 1 is 1.16 bits per heavy atom. The van der Waals surface area contributed by atoms with Crippen LogP contribution in [0.25, 0.3) is 22.2 Å². The first-order valence-electron chi connectivity index (χ1n) is 13.1. The van der Waals surface area contributed by atoms with Crippen molar-refractivity contribution in [1.29, 1.82) is 5.26 Å². The minimum Gasteiger partial charge on any atom is -0.492 e. The van der Waals surface area contributed by atoms with Crippen molar-refractivity contribution in [2.24, 2.45) is 11.7 Å². The fourth-order valence-corrected chi connectivity index (χ4v) is 4.97. The molecule has 2 N–H and O–H groups in total. The number of nitriles is 1. The third-order valence-corrected chi connectivity index (χ3v) is 7.32. The second-order valence-corrected chi connectivity index (χ2v) is 9.80. The summed E-state index contributed by atoms with van der Waals surface area (Å²) >= 11 is 0. The number of fused-ring (bicyclic) bond motifs is 1. The van der Waals surface area contributed by atoms with E-state index in [0.29, 0.717) is 25.1 Å².